The third-order valence-electron chi connectivity index (χ3n) is 4.80. The van der Waals surface area contributed by atoms with Crippen LogP contribution < -0.4 is 5.32 Å². The molecule has 0 atom stereocenters. The minimum Gasteiger partial charge on any atom is -0.335 e. The van der Waals surface area contributed by atoms with Crippen molar-refractivity contribution in [3.05, 3.63) is 36.5 Å². The molecule has 0 aliphatic carbocycles. The Bertz CT molecular complexity index is 806. The van der Waals surface area contributed by atoms with Crippen LogP contribution in [-0.4, -0.2) is 68.9 Å². The molecule has 3 rings (SSSR count). The number of nitrogens with zero attached hydrogens (tertiary/aromatic N) is 5. The number of amides is 2. The maximum absolute atomic E-state index is 12.7. The Morgan fingerprint density at radius 2 is 1.89 bits per heavy atom. The molecule has 8 nitrogen and oxygen atoms in total. The van der Waals surface area contributed by atoms with Gasteiger partial charge in [0.25, 0.3) is 5.91 Å². The summed E-state index contributed by atoms with van der Waals surface area (Å²) in [4.78, 5) is 37.3. The molecule has 0 radical (unpaired) electrons. The molecule has 0 bridgehead atoms. The van der Waals surface area contributed by atoms with Crippen LogP contribution in [0.3, 0.4) is 0 Å². The first-order chi connectivity index (χ1) is 13.5. The van der Waals surface area contributed by atoms with Gasteiger partial charge in [-0.25, -0.2) is 9.97 Å². The number of nitrogens with one attached hydrogen (secondary N) is 1. The van der Waals surface area contributed by atoms with Gasteiger partial charge in [0.2, 0.25) is 5.91 Å². The summed E-state index contributed by atoms with van der Waals surface area (Å²) in [5.74, 6) is 0.874. The van der Waals surface area contributed by atoms with E-state index in [1.165, 1.54) is 0 Å². The topological polar surface area (TPSA) is 83.4 Å². The first kappa shape index (κ1) is 20.0. The van der Waals surface area contributed by atoms with Crippen LogP contribution in [0.5, 0.6) is 0 Å². The van der Waals surface area contributed by atoms with E-state index in [2.05, 4.69) is 27.1 Å². The number of pyridine rings is 1. The maximum atomic E-state index is 12.7. The zero-order valence-corrected chi connectivity index (χ0v) is 16.8. The van der Waals surface area contributed by atoms with E-state index in [1.807, 2.05) is 18.7 Å². The second-order valence-corrected chi connectivity index (χ2v) is 7.44. The molecular weight excluding hydrogens is 356 g/mol. The van der Waals surface area contributed by atoms with E-state index in [0.717, 1.165) is 32.7 Å². The smallest absolute Gasteiger partial charge is 0.274 e. The minimum atomic E-state index is -0.0490. The Balaban J connectivity index is 1.62. The molecule has 0 saturated carbocycles. The molecule has 1 fully saturated rings. The van der Waals surface area contributed by atoms with Crippen molar-refractivity contribution in [1.29, 1.82) is 0 Å². The molecule has 8 heteroatoms. The summed E-state index contributed by atoms with van der Waals surface area (Å²) in [5.41, 5.74) is 1.07. The molecule has 2 aromatic rings. The van der Waals surface area contributed by atoms with Crippen molar-refractivity contribution in [1.82, 2.24) is 24.3 Å². The summed E-state index contributed by atoms with van der Waals surface area (Å²) in [5, 5.41) is 2.84. The molecule has 1 saturated heterocycles. The van der Waals surface area contributed by atoms with Crippen LogP contribution in [0.2, 0.25) is 0 Å². The first-order valence-electron chi connectivity index (χ1n) is 9.78. The van der Waals surface area contributed by atoms with Crippen LogP contribution in [-0.2, 0) is 4.79 Å². The van der Waals surface area contributed by atoms with Crippen molar-refractivity contribution in [3.8, 4) is 5.82 Å². The van der Waals surface area contributed by atoms with Gasteiger partial charge in [0.15, 0.2) is 0 Å². The standard InChI is InChI=1S/C20H28N6O2/c1-4-24-7-9-25(10-8-24)20(28)17-13-26(14-22-17)18-6-5-16(12-21-18)23-19(27)11-15(2)3/h5-6,12-15H,4,7-11H2,1-3H3,(H,23,27). The zero-order valence-electron chi connectivity index (χ0n) is 16.8. The molecule has 1 aliphatic heterocycles. The number of rotatable bonds is 6. The van der Waals surface area contributed by atoms with E-state index in [4.69, 9.17) is 0 Å². The van der Waals surface area contributed by atoms with E-state index in [0.29, 0.717) is 29.5 Å². The molecule has 3 heterocycles. The van der Waals surface area contributed by atoms with Crippen molar-refractivity contribution < 1.29 is 9.59 Å². The summed E-state index contributed by atoms with van der Waals surface area (Å²) in [6.07, 6.45) is 5.38. The molecule has 2 aromatic heterocycles. The van der Waals surface area contributed by atoms with Crippen LogP contribution in [0.1, 0.15) is 37.7 Å². The summed E-state index contributed by atoms with van der Waals surface area (Å²) in [6.45, 7) is 10.4. The highest BCUT2D eigenvalue weighted by Crippen LogP contribution is 2.13. The predicted molar refractivity (Wildman–Crippen MR) is 107 cm³/mol. The number of aromatic nitrogens is 3. The number of imidazole rings is 1. The number of hydrogen-bond acceptors (Lipinski definition) is 5. The van der Waals surface area contributed by atoms with E-state index in [-0.39, 0.29) is 11.8 Å². The summed E-state index contributed by atoms with van der Waals surface area (Å²) in [6, 6.07) is 3.59. The van der Waals surface area contributed by atoms with Gasteiger partial charge >= 0.3 is 0 Å². The lowest BCUT2D eigenvalue weighted by molar-refractivity contribution is -0.116. The molecular formula is C20H28N6O2. The molecule has 150 valence electrons. The van der Waals surface area contributed by atoms with Gasteiger partial charge in [-0.15, -0.1) is 0 Å². The van der Waals surface area contributed by atoms with Gasteiger partial charge in [0.1, 0.15) is 17.8 Å². The summed E-state index contributed by atoms with van der Waals surface area (Å²) >= 11 is 0. The maximum Gasteiger partial charge on any atom is 0.274 e. The van der Waals surface area contributed by atoms with Crippen LogP contribution in [0, 0.1) is 5.92 Å². The fraction of sp³-hybridized carbons (Fsp3) is 0.500. The van der Waals surface area contributed by atoms with E-state index < -0.39 is 0 Å². The Hall–Kier alpha value is -2.74. The molecule has 1 N–H and O–H groups in total. The van der Waals surface area contributed by atoms with E-state index in [1.54, 1.807) is 35.4 Å². The number of carbonyl (C=O) groups is 2. The average molecular weight is 384 g/mol. The van der Waals surface area contributed by atoms with Gasteiger partial charge in [-0.2, -0.15) is 0 Å². The van der Waals surface area contributed by atoms with E-state index >= 15 is 0 Å². The monoisotopic (exact) mass is 384 g/mol. The van der Waals surface area contributed by atoms with Crippen molar-refractivity contribution in [2.24, 2.45) is 5.92 Å². The minimum absolute atomic E-state index is 0.0248. The average Bonchev–Trinajstić information content (AvgIpc) is 3.17. The van der Waals surface area contributed by atoms with Gasteiger partial charge in [-0.1, -0.05) is 20.8 Å². The van der Waals surface area contributed by atoms with Crippen molar-refractivity contribution >= 4 is 17.5 Å². The Morgan fingerprint density at radius 1 is 1.14 bits per heavy atom. The second kappa shape index (κ2) is 8.97. The predicted octanol–water partition coefficient (Wildman–Crippen LogP) is 2.03. The molecule has 0 spiro atoms. The second-order valence-electron chi connectivity index (χ2n) is 7.44. The van der Waals surface area contributed by atoms with Crippen molar-refractivity contribution in [2.75, 3.05) is 38.0 Å². The fourth-order valence-electron chi connectivity index (χ4n) is 3.18. The summed E-state index contributed by atoms with van der Waals surface area (Å²) in [7, 11) is 0. The third kappa shape index (κ3) is 4.95. The SMILES string of the molecule is CCN1CCN(C(=O)c2cn(-c3ccc(NC(=O)CC(C)C)cn3)cn2)CC1. The van der Waals surface area contributed by atoms with Crippen LogP contribution in [0.4, 0.5) is 5.69 Å². The van der Waals surface area contributed by atoms with Crippen LogP contribution in [0.25, 0.3) is 5.82 Å². The number of piperazine rings is 1. The van der Waals surface area contributed by atoms with Gasteiger partial charge in [0, 0.05) is 38.8 Å². The zero-order chi connectivity index (χ0) is 20.1. The highest BCUT2D eigenvalue weighted by molar-refractivity contribution is 5.92. The molecule has 0 unspecified atom stereocenters. The Morgan fingerprint density at radius 3 is 2.50 bits per heavy atom. The van der Waals surface area contributed by atoms with Gasteiger partial charge < -0.3 is 15.1 Å². The lowest BCUT2D eigenvalue weighted by Crippen LogP contribution is -2.48. The van der Waals surface area contributed by atoms with Gasteiger partial charge in [0.05, 0.1) is 11.9 Å². The molecule has 2 amide bonds. The van der Waals surface area contributed by atoms with Crippen molar-refractivity contribution in [3.63, 3.8) is 0 Å². The largest absolute Gasteiger partial charge is 0.335 e. The quantitative estimate of drug-likeness (QED) is 0.824. The molecule has 0 aromatic carbocycles. The Labute approximate surface area is 165 Å². The van der Waals surface area contributed by atoms with Crippen LogP contribution in [0.15, 0.2) is 30.9 Å². The fourth-order valence-corrected chi connectivity index (χ4v) is 3.18. The highest BCUT2D eigenvalue weighted by Gasteiger charge is 2.23. The third-order valence-corrected chi connectivity index (χ3v) is 4.80. The first-order valence-corrected chi connectivity index (χ1v) is 9.78. The number of carbonyl (C=O) groups excluding carboxylic acids is 2. The van der Waals surface area contributed by atoms with Crippen molar-refractivity contribution in [2.45, 2.75) is 27.2 Å². The van der Waals surface area contributed by atoms with Gasteiger partial charge in [-0.05, 0) is 24.6 Å². The highest BCUT2D eigenvalue weighted by atomic mass is 16.2. The number of anilines is 1. The molecule has 1 aliphatic rings. The van der Waals surface area contributed by atoms with Crippen LogP contribution >= 0.6 is 0 Å². The van der Waals surface area contributed by atoms with E-state index in [9.17, 15) is 9.59 Å². The normalized spacial score (nSPS) is 15.1. The molecule has 28 heavy (non-hydrogen) atoms. The lowest BCUT2D eigenvalue weighted by Gasteiger charge is -2.33. The number of likely N-dealkylation sites (N-methyl/N-ethyl adjacent to an activating group) is 1. The summed E-state index contributed by atoms with van der Waals surface area (Å²) < 4.78 is 1.72. The lowest BCUT2D eigenvalue weighted by atomic mass is 10.1. The van der Waals surface area contributed by atoms with Gasteiger partial charge in [-0.3, -0.25) is 14.2 Å². The Kier molecular flexibility index (Phi) is 6.41. The number of hydrogen-bond donors (Lipinski definition) is 1.